The molecular formula is C30H21Cl2N5O3S. The van der Waals surface area contributed by atoms with E-state index in [9.17, 15) is 14.7 Å². The van der Waals surface area contributed by atoms with Gasteiger partial charge in [0.25, 0.3) is 11.8 Å². The lowest BCUT2D eigenvalue weighted by molar-refractivity contribution is 0.101. The first-order chi connectivity index (χ1) is 19.8. The van der Waals surface area contributed by atoms with E-state index in [1.807, 2.05) is 30.3 Å². The maximum atomic E-state index is 13.0. The number of para-hydroxylation sites is 1. The molecule has 204 valence electrons. The number of aromatic hydroxyl groups is 1. The predicted octanol–water partition coefficient (Wildman–Crippen LogP) is 7.85. The first-order valence-corrected chi connectivity index (χ1v) is 14.1. The lowest BCUT2D eigenvalue weighted by Crippen LogP contribution is -2.14. The van der Waals surface area contributed by atoms with Crippen molar-refractivity contribution in [1.29, 1.82) is 0 Å². The number of fused-ring (bicyclic) bond motifs is 3. The molecular weight excluding hydrogens is 581 g/mol. The number of nitrogens with one attached hydrogen (secondary N) is 2. The van der Waals surface area contributed by atoms with Crippen LogP contribution in [0.15, 0.2) is 78.9 Å². The van der Waals surface area contributed by atoms with E-state index in [1.54, 1.807) is 24.3 Å². The van der Waals surface area contributed by atoms with Crippen LogP contribution >= 0.6 is 34.5 Å². The van der Waals surface area contributed by atoms with Gasteiger partial charge in [-0.2, -0.15) is 0 Å². The van der Waals surface area contributed by atoms with Crippen LogP contribution in [0, 0.1) is 0 Å². The number of phenolic OH excluding ortho intramolecular Hbond substituents is 1. The lowest BCUT2D eigenvalue weighted by atomic mass is 10.1. The molecule has 0 radical (unpaired) electrons. The summed E-state index contributed by atoms with van der Waals surface area (Å²) in [5.74, 6) is -0.887. The Kier molecular flexibility index (Phi) is 7.08. The van der Waals surface area contributed by atoms with Crippen LogP contribution in [0.1, 0.15) is 27.6 Å². The van der Waals surface area contributed by atoms with Crippen LogP contribution in [-0.4, -0.2) is 31.7 Å². The van der Waals surface area contributed by atoms with Gasteiger partial charge in [-0.3, -0.25) is 14.9 Å². The quantitative estimate of drug-likeness (QED) is 0.180. The Hall–Kier alpha value is -4.44. The molecule has 0 fully saturated rings. The van der Waals surface area contributed by atoms with Gasteiger partial charge in [0.05, 0.1) is 10.6 Å². The molecule has 11 heteroatoms. The summed E-state index contributed by atoms with van der Waals surface area (Å²) in [6.07, 6.45) is 0. The van der Waals surface area contributed by atoms with Crippen molar-refractivity contribution in [1.82, 2.24) is 14.8 Å². The number of amides is 2. The summed E-state index contributed by atoms with van der Waals surface area (Å²) in [7, 11) is 0. The number of anilines is 2. The van der Waals surface area contributed by atoms with Crippen molar-refractivity contribution in [3.05, 3.63) is 100 Å². The standard InChI is InChI=1S/C30H21Cl2N5O3S/c1-2-37-24-6-4-3-5-20(24)21-15-19(11-12-25(21)37)33-27(39)16-7-9-17(10-8-16)28(40)34-30-36-35-29(41-30)22-13-18(31)14-23(32)26(22)38/h3-15,38H,2H2,1H3,(H,33,39)(H,34,36,40). The molecule has 8 nitrogen and oxygen atoms in total. The predicted molar refractivity (Wildman–Crippen MR) is 164 cm³/mol. The van der Waals surface area contributed by atoms with Crippen LogP contribution in [0.25, 0.3) is 32.4 Å². The Bertz CT molecular complexity index is 1970. The van der Waals surface area contributed by atoms with Crippen molar-refractivity contribution in [2.75, 3.05) is 10.6 Å². The molecule has 0 aliphatic heterocycles. The summed E-state index contributed by atoms with van der Waals surface area (Å²) in [4.78, 5) is 25.8. The topological polar surface area (TPSA) is 109 Å². The van der Waals surface area contributed by atoms with E-state index in [2.05, 4.69) is 44.5 Å². The summed E-state index contributed by atoms with van der Waals surface area (Å²) in [6.45, 7) is 2.95. The largest absolute Gasteiger partial charge is 0.506 e. The number of aromatic nitrogens is 3. The van der Waals surface area contributed by atoms with Gasteiger partial charge in [-0.15, -0.1) is 10.2 Å². The summed E-state index contributed by atoms with van der Waals surface area (Å²) in [6, 6.07) is 23.3. The van der Waals surface area contributed by atoms with E-state index in [4.69, 9.17) is 23.2 Å². The van der Waals surface area contributed by atoms with Crippen molar-refractivity contribution >= 4 is 79.0 Å². The van der Waals surface area contributed by atoms with E-state index in [-0.39, 0.29) is 21.8 Å². The number of carbonyl (C=O) groups is 2. The second kappa shape index (κ2) is 10.9. The SMILES string of the molecule is CCn1c2ccccc2c2cc(NC(=O)c3ccc(C(=O)Nc4nnc(-c5cc(Cl)cc(Cl)c5O)s4)cc3)ccc21. The van der Waals surface area contributed by atoms with Crippen LogP contribution in [0.2, 0.25) is 10.0 Å². The molecule has 0 atom stereocenters. The molecule has 0 bridgehead atoms. The molecule has 41 heavy (non-hydrogen) atoms. The molecule has 0 spiro atoms. The summed E-state index contributed by atoms with van der Waals surface area (Å²) in [5.41, 5.74) is 4.00. The number of carbonyl (C=O) groups excluding carboxylic acids is 2. The van der Waals surface area contributed by atoms with E-state index in [0.29, 0.717) is 32.4 Å². The molecule has 0 aliphatic carbocycles. The van der Waals surface area contributed by atoms with Crippen molar-refractivity contribution in [2.45, 2.75) is 13.5 Å². The molecule has 3 N–H and O–H groups in total. The highest BCUT2D eigenvalue weighted by atomic mass is 35.5. The van der Waals surface area contributed by atoms with Crippen LogP contribution < -0.4 is 10.6 Å². The van der Waals surface area contributed by atoms with Gasteiger partial charge in [-0.25, -0.2) is 0 Å². The molecule has 0 unspecified atom stereocenters. The van der Waals surface area contributed by atoms with Gasteiger partial charge in [-0.1, -0.05) is 52.7 Å². The minimum atomic E-state index is -0.425. The normalized spacial score (nSPS) is 11.2. The number of nitrogens with zero attached hydrogens (tertiary/aromatic N) is 3. The lowest BCUT2D eigenvalue weighted by Gasteiger charge is -2.08. The van der Waals surface area contributed by atoms with Crippen molar-refractivity contribution in [3.8, 4) is 16.3 Å². The van der Waals surface area contributed by atoms with Crippen molar-refractivity contribution in [3.63, 3.8) is 0 Å². The zero-order valence-corrected chi connectivity index (χ0v) is 23.8. The average molecular weight is 603 g/mol. The average Bonchev–Trinajstić information content (AvgIpc) is 3.57. The van der Waals surface area contributed by atoms with Gasteiger partial charge < -0.3 is 15.0 Å². The molecule has 6 rings (SSSR count). The number of benzene rings is 4. The van der Waals surface area contributed by atoms with E-state index >= 15 is 0 Å². The zero-order chi connectivity index (χ0) is 28.7. The minimum Gasteiger partial charge on any atom is -0.506 e. The molecule has 4 aromatic carbocycles. The summed E-state index contributed by atoms with van der Waals surface area (Å²) in [5, 5.41) is 27.0. The maximum absolute atomic E-state index is 13.0. The Balaban J connectivity index is 1.15. The molecule has 2 heterocycles. The number of phenols is 1. The number of halogens is 2. The smallest absolute Gasteiger partial charge is 0.257 e. The molecule has 2 amide bonds. The first-order valence-electron chi connectivity index (χ1n) is 12.6. The number of rotatable bonds is 6. The van der Waals surface area contributed by atoms with Gasteiger partial charge in [-0.05, 0) is 67.6 Å². The highest BCUT2D eigenvalue weighted by molar-refractivity contribution is 7.18. The van der Waals surface area contributed by atoms with E-state index < -0.39 is 5.91 Å². The Morgan fingerprint density at radius 3 is 2.27 bits per heavy atom. The molecule has 6 aromatic rings. The first kappa shape index (κ1) is 26.8. The van der Waals surface area contributed by atoms with Gasteiger partial charge >= 0.3 is 0 Å². The highest BCUT2D eigenvalue weighted by Crippen LogP contribution is 2.40. The number of hydrogen-bond acceptors (Lipinski definition) is 6. The third-order valence-electron chi connectivity index (χ3n) is 6.66. The fourth-order valence-electron chi connectivity index (χ4n) is 4.73. The number of aryl methyl sites for hydroxylation is 1. The van der Waals surface area contributed by atoms with Crippen LogP contribution in [0.3, 0.4) is 0 Å². The van der Waals surface area contributed by atoms with Crippen molar-refractivity contribution < 1.29 is 14.7 Å². The molecule has 0 saturated carbocycles. The molecule has 2 aromatic heterocycles. The summed E-state index contributed by atoms with van der Waals surface area (Å²) >= 11 is 13.1. The Morgan fingerprint density at radius 2 is 1.54 bits per heavy atom. The fraction of sp³-hybridized carbons (Fsp3) is 0.0667. The van der Waals surface area contributed by atoms with Crippen LogP contribution in [0.5, 0.6) is 5.75 Å². The fourth-order valence-corrected chi connectivity index (χ4v) is 5.98. The molecule has 0 saturated heterocycles. The van der Waals surface area contributed by atoms with Gasteiger partial charge in [0.15, 0.2) is 5.01 Å². The highest BCUT2D eigenvalue weighted by Gasteiger charge is 2.17. The second-order valence-electron chi connectivity index (χ2n) is 9.18. The second-order valence-corrected chi connectivity index (χ2v) is 11.0. The van der Waals surface area contributed by atoms with E-state index in [1.165, 1.54) is 12.1 Å². The van der Waals surface area contributed by atoms with E-state index in [0.717, 1.165) is 39.7 Å². The van der Waals surface area contributed by atoms with Crippen LogP contribution in [0.4, 0.5) is 10.8 Å². The summed E-state index contributed by atoms with van der Waals surface area (Å²) < 4.78 is 2.25. The zero-order valence-electron chi connectivity index (χ0n) is 21.5. The van der Waals surface area contributed by atoms with Gasteiger partial charge in [0, 0.05) is 50.2 Å². The van der Waals surface area contributed by atoms with Crippen LogP contribution in [-0.2, 0) is 6.54 Å². The third-order valence-corrected chi connectivity index (χ3v) is 8.04. The minimum absolute atomic E-state index is 0.0852. The van der Waals surface area contributed by atoms with Gasteiger partial charge in [0.1, 0.15) is 5.75 Å². The third kappa shape index (κ3) is 5.11. The number of hydrogen-bond donors (Lipinski definition) is 3. The van der Waals surface area contributed by atoms with Crippen molar-refractivity contribution in [2.24, 2.45) is 0 Å². The van der Waals surface area contributed by atoms with Gasteiger partial charge in [0.2, 0.25) is 5.13 Å². The Labute approximate surface area is 248 Å². The maximum Gasteiger partial charge on any atom is 0.257 e. The molecule has 0 aliphatic rings. The monoisotopic (exact) mass is 601 g/mol. The Morgan fingerprint density at radius 1 is 0.854 bits per heavy atom.